The standard InChI is InChI=1S/C12H14FN3S/c1-2-10(14)12-16-15-11(17-12)7-8-5-3-4-6-9(8)13/h3-6,10H,2,7,14H2,1H3. The Hall–Kier alpha value is -1.33. The Kier molecular flexibility index (Phi) is 3.81. The highest BCUT2D eigenvalue weighted by atomic mass is 32.1. The van der Waals surface area contributed by atoms with Crippen LogP contribution in [0.3, 0.4) is 0 Å². The van der Waals surface area contributed by atoms with E-state index in [2.05, 4.69) is 10.2 Å². The van der Waals surface area contributed by atoms with Crippen molar-refractivity contribution in [3.8, 4) is 0 Å². The molecule has 2 aromatic rings. The van der Waals surface area contributed by atoms with Crippen molar-refractivity contribution >= 4 is 11.3 Å². The zero-order valence-corrected chi connectivity index (χ0v) is 10.4. The molecule has 1 aromatic carbocycles. The summed E-state index contributed by atoms with van der Waals surface area (Å²) in [4.78, 5) is 0. The van der Waals surface area contributed by atoms with Crippen LogP contribution in [0.2, 0.25) is 0 Å². The average Bonchev–Trinajstić information content (AvgIpc) is 2.80. The van der Waals surface area contributed by atoms with Crippen LogP contribution in [-0.4, -0.2) is 10.2 Å². The second kappa shape index (κ2) is 5.33. The van der Waals surface area contributed by atoms with Crippen LogP contribution < -0.4 is 5.73 Å². The van der Waals surface area contributed by atoms with Gasteiger partial charge in [0.1, 0.15) is 15.8 Å². The molecule has 1 heterocycles. The lowest BCUT2D eigenvalue weighted by atomic mass is 10.1. The highest BCUT2D eigenvalue weighted by Gasteiger charge is 2.12. The maximum Gasteiger partial charge on any atom is 0.134 e. The fourth-order valence-electron chi connectivity index (χ4n) is 1.47. The first-order chi connectivity index (χ1) is 8.20. The predicted octanol–water partition coefficient (Wildman–Crippen LogP) is 2.68. The third-order valence-electron chi connectivity index (χ3n) is 2.54. The van der Waals surface area contributed by atoms with Crippen LogP contribution in [0.25, 0.3) is 0 Å². The lowest BCUT2D eigenvalue weighted by Gasteiger charge is -2.01. The van der Waals surface area contributed by atoms with Gasteiger partial charge in [-0.1, -0.05) is 36.5 Å². The fourth-order valence-corrected chi connectivity index (χ4v) is 2.42. The molecule has 1 aromatic heterocycles. The molecular formula is C12H14FN3S. The molecule has 17 heavy (non-hydrogen) atoms. The number of benzene rings is 1. The molecule has 0 aliphatic rings. The van der Waals surface area contributed by atoms with E-state index >= 15 is 0 Å². The zero-order chi connectivity index (χ0) is 12.3. The smallest absolute Gasteiger partial charge is 0.134 e. The Morgan fingerprint density at radius 1 is 1.35 bits per heavy atom. The van der Waals surface area contributed by atoms with Crippen molar-refractivity contribution in [2.45, 2.75) is 25.8 Å². The lowest BCUT2D eigenvalue weighted by molar-refractivity contribution is 0.613. The molecule has 0 fully saturated rings. The van der Waals surface area contributed by atoms with E-state index in [0.717, 1.165) is 16.4 Å². The fraction of sp³-hybridized carbons (Fsp3) is 0.333. The van der Waals surface area contributed by atoms with Gasteiger partial charge in [0.15, 0.2) is 0 Å². The summed E-state index contributed by atoms with van der Waals surface area (Å²) in [5.74, 6) is -0.205. The molecule has 5 heteroatoms. The highest BCUT2D eigenvalue weighted by Crippen LogP contribution is 2.21. The van der Waals surface area contributed by atoms with E-state index < -0.39 is 0 Å². The normalized spacial score (nSPS) is 12.6. The third kappa shape index (κ3) is 2.87. The molecule has 0 radical (unpaired) electrons. The van der Waals surface area contributed by atoms with Gasteiger partial charge in [-0.05, 0) is 18.1 Å². The third-order valence-corrected chi connectivity index (χ3v) is 3.59. The minimum absolute atomic E-state index is 0.0677. The number of rotatable bonds is 4. The van der Waals surface area contributed by atoms with Crippen molar-refractivity contribution < 1.29 is 4.39 Å². The molecule has 2 rings (SSSR count). The summed E-state index contributed by atoms with van der Waals surface area (Å²) < 4.78 is 13.4. The zero-order valence-electron chi connectivity index (χ0n) is 9.56. The number of nitrogens with two attached hydrogens (primary N) is 1. The van der Waals surface area contributed by atoms with Gasteiger partial charge in [0.05, 0.1) is 6.04 Å². The topological polar surface area (TPSA) is 51.8 Å². The molecule has 0 saturated carbocycles. The Morgan fingerprint density at radius 2 is 2.12 bits per heavy atom. The summed E-state index contributed by atoms with van der Waals surface area (Å²) in [5.41, 5.74) is 6.50. The number of nitrogens with zero attached hydrogens (tertiary/aromatic N) is 2. The van der Waals surface area contributed by atoms with Crippen LogP contribution in [0.1, 0.15) is 35.0 Å². The van der Waals surface area contributed by atoms with Gasteiger partial charge in [-0.15, -0.1) is 10.2 Å². The van der Waals surface area contributed by atoms with Crippen molar-refractivity contribution in [2.75, 3.05) is 0 Å². The van der Waals surface area contributed by atoms with Crippen LogP contribution >= 0.6 is 11.3 Å². The van der Waals surface area contributed by atoms with Crippen LogP contribution in [-0.2, 0) is 6.42 Å². The van der Waals surface area contributed by atoms with E-state index in [4.69, 9.17) is 5.73 Å². The first-order valence-electron chi connectivity index (χ1n) is 5.52. The summed E-state index contributed by atoms with van der Waals surface area (Å²) in [7, 11) is 0. The van der Waals surface area contributed by atoms with Gasteiger partial charge < -0.3 is 5.73 Å². The quantitative estimate of drug-likeness (QED) is 0.909. The van der Waals surface area contributed by atoms with Gasteiger partial charge in [-0.2, -0.15) is 0 Å². The number of aromatic nitrogens is 2. The lowest BCUT2D eigenvalue weighted by Crippen LogP contribution is -2.07. The second-order valence-corrected chi connectivity index (χ2v) is 4.91. The monoisotopic (exact) mass is 251 g/mol. The van der Waals surface area contributed by atoms with E-state index in [9.17, 15) is 4.39 Å². The highest BCUT2D eigenvalue weighted by molar-refractivity contribution is 7.11. The second-order valence-electron chi connectivity index (χ2n) is 3.82. The maximum absolute atomic E-state index is 13.4. The van der Waals surface area contributed by atoms with Gasteiger partial charge in [0.25, 0.3) is 0 Å². The summed E-state index contributed by atoms with van der Waals surface area (Å²) >= 11 is 1.46. The van der Waals surface area contributed by atoms with Crippen molar-refractivity contribution in [1.82, 2.24) is 10.2 Å². The summed E-state index contributed by atoms with van der Waals surface area (Å²) in [5, 5.41) is 9.70. The molecule has 2 N–H and O–H groups in total. The first kappa shape index (κ1) is 12.1. The molecule has 0 aliphatic heterocycles. The van der Waals surface area contributed by atoms with Crippen molar-refractivity contribution in [3.63, 3.8) is 0 Å². The summed E-state index contributed by atoms with van der Waals surface area (Å²) in [6.45, 7) is 2.00. The molecule has 90 valence electrons. The summed E-state index contributed by atoms with van der Waals surface area (Å²) in [6, 6.07) is 6.64. The molecule has 1 unspecified atom stereocenters. The van der Waals surface area contributed by atoms with Crippen molar-refractivity contribution in [1.29, 1.82) is 0 Å². The van der Waals surface area contributed by atoms with Crippen molar-refractivity contribution in [3.05, 3.63) is 45.7 Å². The molecule has 3 nitrogen and oxygen atoms in total. The van der Waals surface area contributed by atoms with E-state index in [0.29, 0.717) is 12.0 Å². The van der Waals surface area contributed by atoms with Crippen molar-refractivity contribution in [2.24, 2.45) is 5.73 Å². The molecule has 0 amide bonds. The van der Waals surface area contributed by atoms with Gasteiger partial charge in [0, 0.05) is 6.42 Å². The average molecular weight is 251 g/mol. The maximum atomic E-state index is 13.4. The van der Waals surface area contributed by atoms with E-state index in [1.165, 1.54) is 17.4 Å². The minimum atomic E-state index is -0.205. The molecule has 0 aliphatic carbocycles. The molecule has 1 atom stereocenters. The van der Waals surface area contributed by atoms with Crippen LogP contribution in [0.5, 0.6) is 0 Å². The molecule has 0 bridgehead atoms. The number of hydrogen-bond donors (Lipinski definition) is 1. The van der Waals surface area contributed by atoms with Gasteiger partial charge in [0.2, 0.25) is 0 Å². The molecule has 0 saturated heterocycles. The van der Waals surface area contributed by atoms with Crippen LogP contribution in [0.15, 0.2) is 24.3 Å². The largest absolute Gasteiger partial charge is 0.322 e. The Balaban J connectivity index is 2.14. The Morgan fingerprint density at radius 3 is 2.82 bits per heavy atom. The Bertz CT molecular complexity index is 498. The van der Waals surface area contributed by atoms with Crippen LogP contribution in [0.4, 0.5) is 4.39 Å². The number of halogens is 1. The van der Waals surface area contributed by atoms with E-state index in [1.54, 1.807) is 12.1 Å². The van der Waals surface area contributed by atoms with Gasteiger partial charge in [-0.3, -0.25) is 0 Å². The molecular weight excluding hydrogens is 237 g/mol. The Labute approximate surface area is 104 Å². The van der Waals surface area contributed by atoms with E-state index in [-0.39, 0.29) is 11.9 Å². The van der Waals surface area contributed by atoms with Crippen LogP contribution in [0, 0.1) is 5.82 Å². The SMILES string of the molecule is CCC(N)c1nnc(Cc2ccccc2F)s1. The number of hydrogen-bond acceptors (Lipinski definition) is 4. The van der Waals surface area contributed by atoms with Gasteiger partial charge >= 0.3 is 0 Å². The first-order valence-corrected chi connectivity index (χ1v) is 6.33. The minimum Gasteiger partial charge on any atom is -0.322 e. The summed E-state index contributed by atoms with van der Waals surface area (Å²) in [6.07, 6.45) is 1.30. The molecule has 0 spiro atoms. The van der Waals surface area contributed by atoms with Gasteiger partial charge in [-0.25, -0.2) is 4.39 Å². The van der Waals surface area contributed by atoms with E-state index in [1.807, 2.05) is 13.0 Å². The predicted molar refractivity (Wildman–Crippen MR) is 66.3 cm³/mol.